The number of piperazine rings is 1. The van der Waals surface area contributed by atoms with Crippen LogP contribution in [0.1, 0.15) is 5.56 Å². The summed E-state index contributed by atoms with van der Waals surface area (Å²) in [5.41, 5.74) is 0.894. The maximum atomic E-state index is 13.6. The largest absolute Gasteiger partial charge is 0.391 e. The summed E-state index contributed by atoms with van der Waals surface area (Å²) < 4.78 is 37.8. The fraction of sp³-hybridized carbons (Fsp3) is 0.500. The van der Waals surface area contributed by atoms with Gasteiger partial charge >= 0.3 is 0 Å². The van der Waals surface area contributed by atoms with Crippen LogP contribution < -0.4 is 4.90 Å². The number of benzene rings is 1. The third-order valence-corrected chi connectivity index (χ3v) is 4.60. The molecule has 7 heteroatoms. The van der Waals surface area contributed by atoms with E-state index in [0.29, 0.717) is 31.9 Å². The van der Waals surface area contributed by atoms with Gasteiger partial charge in [0.15, 0.2) is 0 Å². The smallest absolute Gasteiger partial charge is 0.211 e. The molecule has 0 bridgehead atoms. The Balaban J connectivity index is 2.16. The minimum Gasteiger partial charge on any atom is -0.391 e. The van der Waals surface area contributed by atoms with Crippen LogP contribution in [0, 0.1) is 5.82 Å². The Kier molecular flexibility index (Phi) is 4.07. The molecule has 1 aromatic rings. The van der Waals surface area contributed by atoms with E-state index in [-0.39, 0.29) is 12.2 Å². The van der Waals surface area contributed by atoms with Crippen LogP contribution in [0.5, 0.6) is 0 Å². The molecule has 0 amide bonds. The van der Waals surface area contributed by atoms with Gasteiger partial charge in [0, 0.05) is 37.4 Å². The van der Waals surface area contributed by atoms with Gasteiger partial charge in [0.1, 0.15) is 5.82 Å². The summed E-state index contributed by atoms with van der Waals surface area (Å²) in [7, 11) is -3.17. The van der Waals surface area contributed by atoms with Crippen molar-refractivity contribution in [2.45, 2.75) is 6.61 Å². The maximum absolute atomic E-state index is 13.6. The molecular formula is C12H17FN2O3S. The first-order chi connectivity index (χ1) is 8.93. The summed E-state index contributed by atoms with van der Waals surface area (Å²) >= 11 is 0. The number of sulfonamides is 1. The van der Waals surface area contributed by atoms with E-state index in [4.69, 9.17) is 0 Å². The molecular weight excluding hydrogens is 271 g/mol. The number of halogens is 1. The highest BCUT2D eigenvalue weighted by Crippen LogP contribution is 2.24. The van der Waals surface area contributed by atoms with E-state index in [0.717, 1.165) is 0 Å². The van der Waals surface area contributed by atoms with Crippen LogP contribution in [0.4, 0.5) is 10.1 Å². The Bertz CT molecular complexity index is 554. The molecule has 0 saturated carbocycles. The number of aliphatic hydroxyl groups excluding tert-OH is 1. The Morgan fingerprint density at radius 3 is 2.42 bits per heavy atom. The molecule has 1 aliphatic rings. The number of hydrogen-bond acceptors (Lipinski definition) is 4. The SMILES string of the molecule is CS(=O)(=O)N1CCN(c2cccc(F)c2CO)CC1. The summed E-state index contributed by atoms with van der Waals surface area (Å²) in [5.74, 6) is -0.439. The van der Waals surface area contributed by atoms with Crippen molar-refractivity contribution in [3.8, 4) is 0 Å². The quantitative estimate of drug-likeness (QED) is 0.874. The van der Waals surface area contributed by atoms with Gasteiger partial charge in [-0.2, -0.15) is 4.31 Å². The van der Waals surface area contributed by atoms with Crippen LogP contribution in [-0.2, 0) is 16.6 Å². The lowest BCUT2D eigenvalue weighted by atomic mass is 10.1. The molecule has 1 aromatic carbocycles. The first-order valence-corrected chi connectivity index (χ1v) is 7.86. The van der Waals surface area contributed by atoms with Gasteiger partial charge in [0.2, 0.25) is 10.0 Å². The molecule has 0 atom stereocenters. The van der Waals surface area contributed by atoms with Gasteiger partial charge in [0.25, 0.3) is 0 Å². The molecule has 0 unspecified atom stereocenters. The first-order valence-electron chi connectivity index (χ1n) is 6.02. The second kappa shape index (κ2) is 5.44. The maximum Gasteiger partial charge on any atom is 0.211 e. The van der Waals surface area contributed by atoms with Gasteiger partial charge in [-0.25, -0.2) is 12.8 Å². The van der Waals surface area contributed by atoms with E-state index >= 15 is 0 Å². The van der Waals surface area contributed by atoms with Crippen molar-refractivity contribution in [3.63, 3.8) is 0 Å². The van der Waals surface area contributed by atoms with Crippen LogP contribution in [-0.4, -0.2) is 50.3 Å². The molecule has 2 rings (SSSR count). The average molecular weight is 288 g/mol. The van der Waals surface area contributed by atoms with Crippen LogP contribution >= 0.6 is 0 Å². The van der Waals surface area contributed by atoms with E-state index in [2.05, 4.69) is 0 Å². The van der Waals surface area contributed by atoms with E-state index < -0.39 is 15.8 Å². The van der Waals surface area contributed by atoms with E-state index in [1.54, 1.807) is 12.1 Å². The zero-order chi connectivity index (χ0) is 14.0. The van der Waals surface area contributed by atoms with Gasteiger partial charge in [-0.3, -0.25) is 0 Å². The van der Waals surface area contributed by atoms with Gasteiger partial charge in [-0.05, 0) is 12.1 Å². The van der Waals surface area contributed by atoms with Gasteiger partial charge in [-0.1, -0.05) is 6.07 Å². The molecule has 0 aliphatic carbocycles. The number of hydrogen-bond donors (Lipinski definition) is 1. The second-order valence-corrected chi connectivity index (χ2v) is 6.53. The monoisotopic (exact) mass is 288 g/mol. The zero-order valence-corrected chi connectivity index (χ0v) is 11.5. The average Bonchev–Trinajstić information content (AvgIpc) is 2.37. The number of aliphatic hydroxyl groups is 1. The standard InChI is InChI=1S/C12H17FN2O3S/c1-19(17,18)15-7-5-14(6-8-15)12-4-2-3-11(13)10(12)9-16/h2-4,16H,5-9H2,1H3. The third-order valence-electron chi connectivity index (χ3n) is 3.30. The predicted molar refractivity (Wildman–Crippen MR) is 71.0 cm³/mol. The molecule has 19 heavy (non-hydrogen) atoms. The lowest BCUT2D eigenvalue weighted by Gasteiger charge is -2.35. The Morgan fingerprint density at radius 1 is 1.26 bits per heavy atom. The molecule has 1 fully saturated rings. The summed E-state index contributed by atoms with van der Waals surface area (Å²) in [6, 6.07) is 4.64. The minimum absolute atomic E-state index is 0.260. The van der Waals surface area contributed by atoms with Crippen molar-refractivity contribution in [3.05, 3.63) is 29.6 Å². The highest BCUT2D eigenvalue weighted by atomic mass is 32.2. The highest BCUT2D eigenvalue weighted by molar-refractivity contribution is 7.88. The molecule has 1 N–H and O–H groups in total. The minimum atomic E-state index is -3.17. The van der Waals surface area contributed by atoms with Gasteiger partial charge in [0.05, 0.1) is 12.9 Å². The number of nitrogens with zero attached hydrogens (tertiary/aromatic N) is 2. The Morgan fingerprint density at radius 2 is 1.89 bits per heavy atom. The lowest BCUT2D eigenvalue weighted by molar-refractivity contribution is 0.275. The predicted octanol–water partition coefficient (Wildman–Crippen LogP) is 0.400. The molecule has 0 spiro atoms. The van der Waals surface area contributed by atoms with Gasteiger partial charge in [-0.15, -0.1) is 0 Å². The van der Waals surface area contributed by atoms with Gasteiger partial charge < -0.3 is 10.0 Å². The summed E-state index contributed by atoms with van der Waals surface area (Å²) in [6.45, 7) is 1.36. The second-order valence-electron chi connectivity index (χ2n) is 4.54. The summed E-state index contributed by atoms with van der Waals surface area (Å²) in [4.78, 5) is 1.90. The van der Waals surface area contributed by atoms with Crippen LogP contribution in [0.2, 0.25) is 0 Å². The third kappa shape index (κ3) is 3.05. The molecule has 0 radical (unpaired) electrons. The molecule has 106 valence electrons. The zero-order valence-electron chi connectivity index (χ0n) is 10.7. The number of rotatable bonds is 3. The van der Waals surface area contributed by atoms with Crippen molar-refractivity contribution < 1.29 is 17.9 Å². The summed E-state index contributed by atoms with van der Waals surface area (Å²) in [5, 5.41) is 9.24. The van der Waals surface area contributed by atoms with Crippen molar-refractivity contribution in [1.82, 2.24) is 4.31 Å². The van der Waals surface area contributed by atoms with Crippen LogP contribution in [0.3, 0.4) is 0 Å². The van der Waals surface area contributed by atoms with Crippen LogP contribution in [0.25, 0.3) is 0 Å². The molecule has 5 nitrogen and oxygen atoms in total. The molecule has 0 aromatic heterocycles. The first kappa shape index (κ1) is 14.2. The van der Waals surface area contributed by atoms with Crippen molar-refractivity contribution in [1.29, 1.82) is 0 Å². The summed E-state index contributed by atoms with van der Waals surface area (Å²) in [6.07, 6.45) is 1.18. The highest BCUT2D eigenvalue weighted by Gasteiger charge is 2.25. The lowest BCUT2D eigenvalue weighted by Crippen LogP contribution is -2.48. The normalized spacial score (nSPS) is 17.7. The topological polar surface area (TPSA) is 60.9 Å². The van der Waals surface area contributed by atoms with Crippen molar-refractivity contribution in [2.24, 2.45) is 0 Å². The Hall–Kier alpha value is -1.18. The van der Waals surface area contributed by atoms with Crippen molar-refractivity contribution >= 4 is 15.7 Å². The van der Waals surface area contributed by atoms with E-state index in [1.807, 2.05) is 4.90 Å². The molecule has 1 saturated heterocycles. The molecule has 1 aliphatic heterocycles. The van der Waals surface area contributed by atoms with E-state index in [1.165, 1.54) is 16.6 Å². The van der Waals surface area contributed by atoms with Crippen molar-refractivity contribution in [2.75, 3.05) is 37.3 Å². The fourth-order valence-electron chi connectivity index (χ4n) is 2.26. The van der Waals surface area contributed by atoms with Crippen LogP contribution in [0.15, 0.2) is 18.2 Å². The molecule has 1 heterocycles. The number of anilines is 1. The fourth-order valence-corrected chi connectivity index (χ4v) is 3.09. The van der Waals surface area contributed by atoms with E-state index in [9.17, 15) is 17.9 Å². The Labute approximate surface area is 112 Å².